The lowest BCUT2D eigenvalue weighted by atomic mass is 9.95. The Bertz CT molecular complexity index is 694. The third-order valence-corrected chi connectivity index (χ3v) is 4.30. The van der Waals surface area contributed by atoms with Crippen molar-refractivity contribution in [2.24, 2.45) is 11.7 Å². The number of rotatable bonds is 6. The second-order valence-corrected chi connectivity index (χ2v) is 6.47. The van der Waals surface area contributed by atoms with Crippen LogP contribution in [0.5, 0.6) is 0 Å². The maximum Gasteiger partial charge on any atom is 0.271 e. The fourth-order valence-corrected chi connectivity index (χ4v) is 3.02. The predicted octanol–water partition coefficient (Wildman–Crippen LogP) is 3.47. The second-order valence-electron chi connectivity index (χ2n) is 5.53. The maximum absolute atomic E-state index is 14.0. The molecular formula is C16H20ClF2N3OS. The predicted molar refractivity (Wildman–Crippen MR) is 93.5 cm³/mol. The van der Waals surface area contributed by atoms with E-state index in [4.69, 9.17) is 5.73 Å². The van der Waals surface area contributed by atoms with Gasteiger partial charge in [-0.1, -0.05) is 19.9 Å². The average Bonchev–Trinajstić information content (AvgIpc) is 2.94. The highest BCUT2D eigenvalue weighted by atomic mass is 35.5. The van der Waals surface area contributed by atoms with Gasteiger partial charge in [0.1, 0.15) is 17.3 Å². The van der Waals surface area contributed by atoms with E-state index in [2.05, 4.69) is 10.3 Å². The van der Waals surface area contributed by atoms with Gasteiger partial charge in [-0.2, -0.15) is 0 Å². The van der Waals surface area contributed by atoms with Crippen LogP contribution in [-0.2, 0) is 6.42 Å². The Morgan fingerprint density at radius 2 is 2.08 bits per heavy atom. The molecule has 0 fully saturated rings. The van der Waals surface area contributed by atoms with Gasteiger partial charge in [-0.25, -0.2) is 13.8 Å². The minimum atomic E-state index is -0.675. The van der Waals surface area contributed by atoms with Crippen molar-refractivity contribution in [2.45, 2.75) is 26.3 Å². The van der Waals surface area contributed by atoms with Crippen LogP contribution >= 0.6 is 23.7 Å². The van der Waals surface area contributed by atoms with Crippen molar-refractivity contribution in [3.05, 3.63) is 51.5 Å². The number of aromatic nitrogens is 1. The number of hydrogen-bond donors (Lipinski definition) is 2. The fraction of sp³-hybridized carbons (Fsp3) is 0.375. The summed E-state index contributed by atoms with van der Waals surface area (Å²) in [7, 11) is 0. The lowest BCUT2D eigenvalue weighted by Crippen LogP contribution is -2.32. The maximum atomic E-state index is 14.0. The summed E-state index contributed by atoms with van der Waals surface area (Å²) in [5, 5.41) is 5.21. The van der Waals surface area contributed by atoms with E-state index in [9.17, 15) is 13.6 Å². The van der Waals surface area contributed by atoms with Gasteiger partial charge in [-0.05, 0) is 18.5 Å². The van der Waals surface area contributed by atoms with Gasteiger partial charge < -0.3 is 11.1 Å². The van der Waals surface area contributed by atoms with E-state index in [0.29, 0.717) is 13.0 Å². The molecule has 0 radical (unpaired) electrons. The molecule has 1 aromatic carbocycles. The van der Waals surface area contributed by atoms with Crippen molar-refractivity contribution < 1.29 is 13.6 Å². The number of carbonyl (C=O) groups is 1. The van der Waals surface area contributed by atoms with E-state index in [1.807, 2.05) is 13.8 Å². The van der Waals surface area contributed by atoms with Crippen LogP contribution in [0.2, 0.25) is 0 Å². The normalized spacial score (nSPS) is 11.9. The molecule has 1 atom stereocenters. The van der Waals surface area contributed by atoms with E-state index >= 15 is 0 Å². The largest absolute Gasteiger partial charge is 0.344 e. The van der Waals surface area contributed by atoms with Gasteiger partial charge >= 0.3 is 0 Å². The zero-order chi connectivity index (χ0) is 17.0. The van der Waals surface area contributed by atoms with Crippen LogP contribution in [0.1, 0.15) is 40.9 Å². The molecule has 0 aliphatic carbocycles. The molecule has 2 rings (SSSR count). The number of nitrogens with two attached hydrogens (primary N) is 1. The molecule has 132 valence electrons. The minimum Gasteiger partial charge on any atom is -0.344 e. The minimum absolute atomic E-state index is 0. The van der Waals surface area contributed by atoms with Gasteiger partial charge in [0, 0.05) is 23.4 Å². The summed E-state index contributed by atoms with van der Waals surface area (Å²) in [6, 6.07) is 2.79. The quantitative estimate of drug-likeness (QED) is 0.812. The highest BCUT2D eigenvalue weighted by Gasteiger charge is 2.23. The standard InChI is InChI=1S/C16H19F2N3OS.ClH/c1-9(2)15(11-4-3-10(17)7-12(11)18)21-16(22)13-8-23-14(20-13)5-6-19;/h3-4,7-9,15H,5-6,19H2,1-2H3,(H,21,22);1H. The summed E-state index contributed by atoms with van der Waals surface area (Å²) in [6.07, 6.45) is 0.609. The average molecular weight is 376 g/mol. The van der Waals surface area contributed by atoms with Crippen molar-refractivity contribution >= 4 is 29.7 Å². The summed E-state index contributed by atoms with van der Waals surface area (Å²) in [4.78, 5) is 16.5. The SMILES string of the molecule is CC(C)C(NC(=O)c1csc(CCN)n1)c1ccc(F)cc1F.Cl. The Hall–Kier alpha value is -1.57. The van der Waals surface area contributed by atoms with Crippen molar-refractivity contribution in [1.82, 2.24) is 10.3 Å². The molecule has 0 spiro atoms. The molecule has 1 amide bonds. The van der Waals surface area contributed by atoms with Crippen LogP contribution in [-0.4, -0.2) is 17.4 Å². The summed E-state index contributed by atoms with van der Waals surface area (Å²) < 4.78 is 27.1. The topological polar surface area (TPSA) is 68.0 Å². The molecule has 8 heteroatoms. The Labute approximate surface area is 149 Å². The molecule has 1 unspecified atom stereocenters. The number of nitrogens with one attached hydrogen (secondary N) is 1. The van der Waals surface area contributed by atoms with Gasteiger partial charge in [0.05, 0.1) is 11.0 Å². The summed E-state index contributed by atoms with van der Waals surface area (Å²) in [6.45, 7) is 4.17. The number of carbonyl (C=O) groups excluding carboxylic acids is 1. The van der Waals surface area contributed by atoms with Crippen LogP contribution in [0.15, 0.2) is 23.6 Å². The number of amides is 1. The van der Waals surface area contributed by atoms with Gasteiger partial charge in [-0.15, -0.1) is 23.7 Å². The van der Waals surface area contributed by atoms with Crippen molar-refractivity contribution in [3.8, 4) is 0 Å². The third-order valence-electron chi connectivity index (χ3n) is 3.39. The zero-order valence-corrected chi connectivity index (χ0v) is 15.0. The molecule has 0 aliphatic rings. The first kappa shape index (κ1) is 20.5. The first-order valence-electron chi connectivity index (χ1n) is 7.32. The monoisotopic (exact) mass is 375 g/mol. The molecule has 1 heterocycles. The summed E-state index contributed by atoms with van der Waals surface area (Å²) in [5.41, 5.74) is 6.01. The van der Waals surface area contributed by atoms with E-state index in [1.165, 1.54) is 23.5 Å². The molecule has 2 aromatic rings. The smallest absolute Gasteiger partial charge is 0.271 e. The highest BCUT2D eigenvalue weighted by molar-refractivity contribution is 7.09. The first-order valence-corrected chi connectivity index (χ1v) is 8.20. The van der Waals surface area contributed by atoms with Crippen LogP contribution in [0, 0.1) is 17.6 Å². The number of benzene rings is 1. The van der Waals surface area contributed by atoms with Crippen LogP contribution in [0.25, 0.3) is 0 Å². The van der Waals surface area contributed by atoms with Gasteiger partial charge in [0.2, 0.25) is 0 Å². The van der Waals surface area contributed by atoms with Crippen LogP contribution < -0.4 is 11.1 Å². The molecule has 24 heavy (non-hydrogen) atoms. The molecular weight excluding hydrogens is 356 g/mol. The zero-order valence-electron chi connectivity index (χ0n) is 13.4. The third kappa shape index (κ3) is 4.96. The van der Waals surface area contributed by atoms with Crippen molar-refractivity contribution in [2.75, 3.05) is 6.54 Å². The fourth-order valence-electron chi connectivity index (χ4n) is 2.23. The van der Waals surface area contributed by atoms with Crippen molar-refractivity contribution in [1.29, 1.82) is 0 Å². The highest BCUT2D eigenvalue weighted by Crippen LogP contribution is 2.25. The van der Waals surface area contributed by atoms with Gasteiger partial charge in [0.25, 0.3) is 5.91 Å². The molecule has 3 N–H and O–H groups in total. The molecule has 1 aromatic heterocycles. The molecule has 0 aliphatic heterocycles. The van der Waals surface area contributed by atoms with E-state index in [-0.39, 0.29) is 35.5 Å². The summed E-state index contributed by atoms with van der Waals surface area (Å²) in [5.74, 6) is -1.77. The molecule has 0 saturated heterocycles. The van der Waals surface area contributed by atoms with E-state index in [0.717, 1.165) is 11.1 Å². The Kier molecular flexibility index (Phi) is 7.72. The molecule has 4 nitrogen and oxygen atoms in total. The van der Waals surface area contributed by atoms with E-state index in [1.54, 1.807) is 5.38 Å². The number of thiazole rings is 1. The van der Waals surface area contributed by atoms with Crippen LogP contribution in [0.4, 0.5) is 8.78 Å². The summed E-state index contributed by atoms with van der Waals surface area (Å²) >= 11 is 1.36. The lowest BCUT2D eigenvalue weighted by Gasteiger charge is -2.23. The van der Waals surface area contributed by atoms with Crippen molar-refractivity contribution in [3.63, 3.8) is 0 Å². The Balaban J connectivity index is 0.00000288. The molecule has 0 saturated carbocycles. The van der Waals surface area contributed by atoms with Gasteiger partial charge in [0.15, 0.2) is 0 Å². The first-order chi connectivity index (χ1) is 10.9. The second kappa shape index (κ2) is 9.05. The number of halogens is 3. The van der Waals surface area contributed by atoms with Crippen LogP contribution in [0.3, 0.4) is 0 Å². The Morgan fingerprint density at radius 1 is 1.38 bits per heavy atom. The lowest BCUT2D eigenvalue weighted by molar-refractivity contribution is 0.0920. The van der Waals surface area contributed by atoms with Gasteiger partial charge in [-0.3, -0.25) is 4.79 Å². The Morgan fingerprint density at radius 3 is 2.67 bits per heavy atom. The molecule has 0 bridgehead atoms. The number of hydrogen-bond acceptors (Lipinski definition) is 4. The number of nitrogens with zero attached hydrogens (tertiary/aromatic N) is 1. The van der Waals surface area contributed by atoms with E-state index < -0.39 is 17.7 Å².